The molecule has 162 valence electrons. The summed E-state index contributed by atoms with van der Waals surface area (Å²) in [4.78, 5) is 4.16. The molecule has 2 heterocycles. The zero-order valence-electron chi connectivity index (χ0n) is 17.3. The lowest BCUT2D eigenvalue weighted by molar-refractivity contribution is -0.231. The molecule has 0 aliphatic carbocycles. The van der Waals surface area contributed by atoms with E-state index in [1.54, 1.807) is 6.20 Å². The van der Waals surface area contributed by atoms with E-state index in [1.807, 2.05) is 43.5 Å². The second kappa shape index (κ2) is 9.26. The maximum Gasteiger partial charge on any atom is 0.113 e. The monoisotopic (exact) mass is 421 g/mol. The highest BCUT2D eigenvalue weighted by Crippen LogP contribution is 2.33. The molecule has 3 aromatic rings. The SMILES string of the molecule is Cc1ccc([C@@H]2O[C@H](CO)[C@@H](O)[C@H](O)[C@H]2O)cc1Cc1ccc(-c2cccnc2)cc1. The molecule has 0 amide bonds. The molecule has 0 bridgehead atoms. The van der Waals surface area contributed by atoms with Gasteiger partial charge in [-0.1, -0.05) is 48.5 Å². The number of aliphatic hydroxyl groups excluding tert-OH is 4. The van der Waals surface area contributed by atoms with E-state index in [0.717, 1.165) is 27.8 Å². The average Bonchev–Trinajstić information content (AvgIpc) is 2.80. The van der Waals surface area contributed by atoms with Gasteiger partial charge in [0.1, 0.15) is 30.5 Å². The Morgan fingerprint density at radius 2 is 1.68 bits per heavy atom. The maximum atomic E-state index is 10.4. The minimum absolute atomic E-state index is 0.441. The highest BCUT2D eigenvalue weighted by Gasteiger charge is 2.43. The van der Waals surface area contributed by atoms with Gasteiger partial charge in [0.05, 0.1) is 6.61 Å². The molecular formula is C25H27NO5. The van der Waals surface area contributed by atoms with E-state index in [-0.39, 0.29) is 0 Å². The lowest BCUT2D eigenvalue weighted by atomic mass is 9.89. The van der Waals surface area contributed by atoms with Crippen molar-refractivity contribution >= 4 is 0 Å². The molecule has 6 heteroatoms. The van der Waals surface area contributed by atoms with E-state index < -0.39 is 37.1 Å². The fourth-order valence-corrected chi connectivity index (χ4v) is 4.00. The van der Waals surface area contributed by atoms with Gasteiger partial charge in [-0.3, -0.25) is 4.98 Å². The summed E-state index contributed by atoms with van der Waals surface area (Å²) in [5, 5.41) is 40.0. The molecule has 4 rings (SSSR count). The van der Waals surface area contributed by atoms with E-state index in [4.69, 9.17) is 4.74 Å². The molecule has 6 nitrogen and oxygen atoms in total. The Labute approximate surface area is 181 Å². The number of rotatable bonds is 5. The van der Waals surface area contributed by atoms with Gasteiger partial charge >= 0.3 is 0 Å². The number of aliphatic hydroxyl groups is 4. The lowest BCUT2D eigenvalue weighted by Crippen LogP contribution is -2.55. The van der Waals surface area contributed by atoms with Gasteiger partial charge < -0.3 is 25.2 Å². The first-order valence-corrected chi connectivity index (χ1v) is 10.4. The normalized spacial score (nSPS) is 26.0. The number of ether oxygens (including phenoxy) is 1. The van der Waals surface area contributed by atoms with Crippen molar-refractivity contribution in [1.29, 1.82) is 0 Å². The number of hydrogen-bond donors (Lipinski definition) is 4. The van der Waals surface area contributed by atoms with Crippen molar-refractivity contribution in [2.24, 2.45) is 0 Å². The van der Waals surface area contributed by atoms with Crippen molar-refractivity contribution in [2.75, 3.05) is 6.61 Å². The summed E-state index contributed by atoms with van der Waals surface area (Å²) in [7, 11) is 0. The predicted octanol–water partition coefficient (Wildman–Crippen LogP) is 2.16. The first-order valence-electron chi connectivity index (χ1n) is 10.4. The summed E-state index contributed by atoms with van der Waals surface area (Å²) < 4.78 is 5.71. The molecule has 2 aromatic carbocycles. The molecule has 1 fully saturated rings. The molecule has 5 atom stereocenters. The number of aryl methyl sites for hydroxylation is 1. The Morgan fingerprint density at radius 1 is 0.903 bits per heavy atom. The summed E-state index contributed by atoms with van der Waals surface area (Å²) >= 11 is 0. The van der Waals surface area contributed by atoms with Crippen LogP contribution in [-0.2, 0) is 11.2 Å². The van der Waals surface area contributed by atoms with Crippen molar-refractivity contribution < 1.29 is 25.2 Å². The quantitative estimate of drug-likeness (QED) is 0.504. The first kappa shape index (κ1) is 21.6. The second-order valence-electron chi connectivity index (χ2n) is 8.05. The molecular weight excluding hydrogens is 394 g/mol. The third-order valence-electron chi connectivity index (χ3n) is 5.94. The van der Waals surface area contributed by atoms with Crippen molar-refractivity contribution in [1.82, 2.24) is 4.98 Å². The third kappa shape index (κ3) is 4.54. The van der Waals surface area contributed by atoms with Gasteiger partial charge in [-0.25, -0.2) is 0 Å². The van der Waals surface area contributed by atoms with Gasteiger partial charge in [-0.2, -0.15) is 0 Å². The Kier molecular flexibility index (Phi) is 6.46. The highest BCUT2D eigenvalue weighted by atomic mass is 16.5. The van der Waals surface area contributed by atoms with E-state index in [9.17, 15) is 20.4 Å². The van der Waals surface area contributed by atoms with E-state index in [1.165, 1.54) is 0 Å². The third-order valence-corrected chi connectivity index (χ3v) is 5.94. The summed E-state index contributed by atoms with van der Waals surface area (Å²) in [6.45, 7) is 1.58. The summed E-state index contributed by atoms with van der Waals surface area (Å²) in [6.07, 6.45) is -1.50. The van der Waals surface area contributed by atoms with Crippen LogP contribution in [0.4, 0.5) is 0 Å². The smallest absolute Gasteiger partial charge is 0.113 e. The Morgan fingerprint density at radius 3 is 2.35 bits per heavy atom. The molecule has 1 aliphatic rings. The van der Waals surface area contributed by atoms with Crippen LogP contribution >= 0.6 is 0 Å². The average molecular weight is 421 g/mol. The minimum Gasteiger partial charge on any atom is -0.394 e. The van der Waals surface area contributed by atoms with Gasteiger partial charge in [-0.15, -0.1) is 0 Å². The summed E-state index contributed by atoms with van der Waals surface area (Å²) in [5.41, 5.74) is 6.18. The summed E-state index contributed by atoms with van der Waals surface area (Å²) in [6, 6.07) is 18.0. The van der Waals surface area contributed by atoms with Crippen LogP contribution in [0.15, 0.2) is 67.0 Å². The molecule has 1 saturated heterocycles. The molecule has 31 heavy (non-hydrogen) atoms. The summed E-state index contributed by atoms with van der Waals surface area (Å²) in [5.74, 6) is 0. The number of benzene rings is 2. The van der Waals surface area contributed by atoms with Gasteiger partial charge in [0.2, 0.25) is 0 Å². The fraction of sp³-hybridized carbons (Fsp3) is 0.320. The number of nitrogens with zero attached hydrogens (tertiary/aromatic N) is 1. The maximum absolute atomic E-state index is 10.4. The van der Waals surface area contributed by atoms with Crippen LogP contribution in [0.3, 0.4) is 0 Å². The zero-order valence-corrected chi connectivity index (χ0v) is 17.3. The zero-order chi connectivity index (χ0) is 22.0. The van der Waals surface area contributed by atoms with Crippen molar-refractivity contribution in [3.05, 3.63) is 89.2 Å². The topological polar surface area (TPSA) is 103 Å². The largest absolute Gasteiger partial charge is 0.394 e. The Balaban J connectivity index is 1.56. The number of pyridine rings is 1. The van der Waals surface area contributed by atoms with Gasteiger partial charge in [-0.05, 0) is 52.8 Å². The van der Waals surface area contributed by atoms with Crippen molar-refractivity contribution in [3.63, 3.8) is 0 Å². The highest BCUT2D eigenvalue weighted by molar-refractivity contribution is 5.62. The van der Waals surface area contributed by atoms with Crippen LogP contribution in [0.5, 0.6) is 0 Å². The first-order chi connectivity index (χ1) is 15.0. The standard InChI is InChI=1S/C25H27NO5/c1-15-4-7-18(25-24(30)23(29)22(28)21(14-27)31-25)12-20(15)11-16-5-8-17(9-6-16)19-3-2-10-26-13-19/h2-10,12-13,21-25,27-30H,11,14H2,1H3/t21-,22-,23+,24-,25+/m1/s1. The number of hydrogen-bond acceptors (Lipinski definition) is 6. The fourth-order valence-electron chi connectivity index (χ4n) is 4.00. The van der Waals surface area contributed by atoms with E-state index >= 15 is 0 Å². The second-order valence-corrected chi connectivity index (χ2v) is 8.05. The van der Waals surface area contributed by atoms with Gasteiger partial charge in [0.15, 0.2) is 0 Å². The Bertz CT molecular complexity index is 1010. The minimum atomic E-state index is -1.39. The van der Waals surface area contributed by atoms with Crippen LogP contribution in [-0.4, -0.2) is 56.4 Å². The van der Waals surface area contributed by atoms with E-state index in [0.29, 0.717) is 12.0 Å². The van der Waals surface area contributed by atoms with Crippen LogP contribution in [0.2, 0.25) is 0 Å². The lowest BCUT2D eigenvalue weighted by Gasteiger charge is -2.40. The number of aromatic nitrogens is 1. The van der Waals surface area contributed by atoms with E-state index in [2.05, 4.69) is 29.2 Å². The van der Waals surface area contributed by atoms with Gasteiger partial charge in [0.25, 0.3) is 0 Å². The van der Waals surface area contributed by atoms with Crippen LogP contribution in [0.25, 0.3) is 11.1 Å². The van der Waals surface area contributed by atoms with Crippen LogP contribution < -0.4 is 0 Å². The molecule has 0 radical (unpaired) electrons. The van der Waals surface area contributed by atoms with Crippen molar-refractivity contribution in [3.8, 4) is 11.1 Å². The molecule has 0 saturated carbocycles. The molecule has 0 spiro atoms. The molecule has 1 aromatic heterocycles. The Hall–Kier alpha value is -2.61. The molecule has 1 aliphatic heterocycles. The van der Waals surface area contributed by atoms with Crippen LogP contribution in [0.1, 0.15) is 28.4 Å². The van der Waals surface area contributed by atoms with Crippen LogP contribution in [0, 0.1) is 6.92 Å². The van der Waals surface area contributed by atoms with Gasteiger partial charge in [0, 0.05) is 12.4 Å². The van der Waals surface area contributed by atoms with Crippen molar-refractivity contribution in [2.45, 2.75) is 43.9 Å². The molecule has 0 unspecified atom stereocenters. The predicted molar refractivity (Wildman–Crippen MR) is 116 cm³/mol. The molecule has 4 N–H and O–H groups in total.